The van der Waals surface area contributed by atoms with Gasteiger partial charge in [0.05, 0.1) is 11.3 Å². The molecule has 0 saturated carbocycles. The molecule has 6 heteroatoms. The molecule has 3 nitrogen and oxygen atoms in total. The number of benzene rings is 1. The maximum Gasteiger partial charge on any atom is 0.416 e. The fraction of sp³-hybridized carbons (Fsp3) is 0.133. The standard InChI is InChI=1S/C15H12F3N3/c16-15(17,18)12-3-1-2-11(6-12)13-9-21-8-10(7-19)4-5-14(21)20-13/h1-6,8-9H,7,19H2. The average molecular weight is 291 g/mol. The third-order valence-electron chi connectivity index (χ3n) is 3.23. The molecule has 3 aromatic rings. The van der Waals surface area contributed by atoms with E-state index in [0.717, 1.165) is 17.7 Å². The summed E-state index contributed by atoms with van der Waals surface area (Å²) < 4.78 is 40.0. The normalized spacial score (nSPS) is 12.0. The van der Waals surface area contributed by atoms with Crippen LogP contribution in [0.4, 0.5) is 13.2 Å². The van der Waals surface area contributed by atoms with E-state index in [4.69, 9.17) is 5.73 Å². The van der Waals surface area contributed by atoms with Crippen LogP contribution in [0.15, 0.2) is 48.8 Å². The zero-order chi connectivity index (χ0) is 15.0. The van der Waals surface area contributed by atoms with Crippen LogP contribution in [0.25, 0.3) is 16.9 Å². The zero-order valence-corrected chi connectivity index (χ0v) is 10.9. The molecule has 1 aromatic carbocycles. The van der Waals surface area contributed by atoms with Crippen LogP contribution in [0.1, 0.15) is 11.1 Å². The van der Waals surface area contributed by atoms with Crippen LogP contribution < -0.4 is 5.73 Å². The number of imidazole rings is 1. The van der Waals surface area contributed by atoms with Crippen molar-refractivity contribution in [2.24, 2.45) is 5.73 Å². The monoisotopic (exact) mass is 291 g/mol. The highest BCUT2D eigenvalue weighted by Gasteiger charge is 2.30. The third-order valence-corrected chi connectivity index (χ3v) is 3.23. The van der Waals surface area contributed by atoms with E-state index in [1.54, 1.807) is 22.7 Å². The van der Waals surface area contributed by atoms with E-state index < -0.39 is 11.7 Å². The minimum atomic E-state index is -4.36. The Morgan fingerprint density at radius 2 is 1.90 bits per heavy atom. The smallest absolute Gasteiger partial charge is 0.326 e. The van der Waals surface area contributed by atoms with Gasteiger partial charge in [0, 0.05) is 24.5 Å². The Labute approximate surface area is 118 Å². The summed E-state index contributed by atoms with van der Waals surface area (Å²) in [6.07, 6.45) is -0.842. The second kappa shape index (κ2) is 4.89. The summed E-state index contributed by atoms with van der Waals surface area (Å²) in [7, 11) is 0. The second-order valence-electron chi connectivity index (χ2n) is 4.71. The molecule has 0 amide bonds. The van der Waals surface area contributed by atoms with Gasteiger partial charge in [-0.05, 0) is 23.8 Å². The maximum atomic E-state index is 12.7. The fourth-order valence-corrected chi connectivity index (χ4v) is 2.15. The number of fused-ring (bicyclic) bond motifs is 1. The lowest BCUT2D eigenvalue weighted by molar-refractivity contribution is -0.137. The number of halogens is 3. The maximum absolute atomic E-state index is 12.7. The summed E-state index contributed by atoms with van der Waals surface area (Å²) in [6, 6.07) is 8.78. The lowest BCUT2D eigenvalue weighted by Gasteiger charge is -2.07. The summed E-state index contributed by atoms with van der Waals surface area (Å²) in [5.41, 5.74) is 7.41. The Morgan fingerprint density at radius 1 is 1.10 bits per heavy atom. The van der Waals surface area contributed by atoms with E-state index in [0.29, 0.717) is 23.4 Å². The first-order valence-electron chi connectivity index (χ1n) is 6.33. The number of nitrogens with zero attached hydrogens (tertiary/aromatic N) is 2. The Balaban J connectivity index is 2.08. The van der Waals surface area contributed by atoms with Gasteiger partial charge in [-0.25, -0.2) is 4.98 Å². The first-order chi connectivity index (χ1) is 9.97. The van der Waals surface area contributed by atoms with Gasteiger partial charge in [-0.15, -0.1) is 0 Å². The van der Waals surface area contributed by atoms with Crippen molar-refractivity contribution in [2.75, 3.05) is 0 Å². The number of nitrogens with two attached hydrogens (primary N) is 1. The molecule has 2 aromatic heterocycles. The number of aromatic nitrogens is 2. The summed E-state index contributed by atoms with van der Waals surface area (Å²) in [4.78, 5) is 4.34. The highest BCUT2D eigenvalue weighted by atomic mass is 19.4. The predicted octanol–water partition coefficient (Wildman–Crippen LogP) is 3.48. The topological polar surface area (TPSA) is 43.3 Å². The molecule has 0 aliphatic carbocycles. The van der Waals surface area contributed by atoms with E-state index in [1.807, 2.05) is 12.3 Å². The van der Waals surface area contributed by atoms with Crippen molar-refractivity contribution in [3.8, 4) is 11.3 Å². The molecule has 0 aliphatic heterocycles. The van der Waals surface area contributed by atoms with E-state index in [-0.39, 0.29) is 0 Å². The van der Waals surface area contributed by atoms with Gasteiger partial charge in [-0.1, -0.05) is 18.2 Å². The molecular formula is C15H12F3N3. The molecule has 0 unspecified atom stereocenters. The van der Waals surface area contributed by atoms with Crippen molar-refractivity contribution in [1.82, 2.24) is 9.38 Å². The van der Waals surface area contributed by atoms with Gasteiger partial charge in [-0.3, -0.25) is 0 Å². The highest BCUT2D eigenvalue weighted by molar-refractivity contribution is 5.63. The van der Waals surface area contributed by atoms with Crippen LogP contribution in [0, 0.1) is 0 Å². The van der Waals surface area contributed by atoms with Crippen LogP contribution >= 0.6 is 0 Å². The molecule has 0 saturated heterocycles. The quantitative estimate of drug-likeness (QED) is 0.785. The van der Waals surface area contributed by atoms with Crippen molar-refractivity contribution in [3.05, 3.63) is 59.9 Å². The van der Waals surface area contributed by atoms with E-state index in [9.17, 15) is 13.2 Å². The summed E-state index contributed by atoms with van der Waals surface area (Å²) >= 11 is 0. The minimum Gasteiger partial charge on any atom is -0.326 e. The largest absolute Gasteiger partial charge is 0.416 e. The fourth-order valence-electron chi connectivity index (χ4n) is 2.15. The van der Waals surface area contributed by atoms with Gasteiger partial charge >= 0.3 is 6.18 Å². The molecule has 0 bridgehead atoms. The second-order valence-corrected chi connectivity index (χ2v) is 4.71. The Kier molecular flexibility index (Phi) is 3.17. The van der Waals surface area contributed by atoms with E-state index >= 15 is 0 Å². The Morgan fingerprint density at radius 3 is 2.62 bits per heavy atom. The molecule has 0 fully saturated rings. The minimum absolute atomic E-state index is 0.396. The number of pyridine rings is 1. The van der Waals surface area contributed by atoms with Gasteiger partial charge in [0.25, 0.3) is 0 Å². The molecule has 0 radical (unpaired) electrons. The lowest BCUT2D eigenvalue weighted by Crippen LogP contribution is -2.04. The first-order valence-corrected chi connectivity index (χ1v) is 6.33. The van der Waals surface area contributed by atoms with Crippen molar-refractivity contribution in [1.29, 1.82) is 0 Å². The molecule has 108 valence electrons. The number of hydrogen-bond donors (Lipinski definition) is 1. The Bertz CT molecular complexity index is 790. The number of rotatable bonds is 2. The van der Waals surface area contributed by atoms with Crippen molar-refractivity contribution >= 4 is 5.65 Å². The van der Waals surface area contributed by atoms with Crippen molar-refractivity contribution in [2.45, 2.75) is 12.7 Å². The molecule has 2 heterocycles. The third kappa shape index (κ3) is 2.62. The summed E-state index contributed by atoms with van der Waals surface area (Å²) in [5.74, 6) is 0. The number of hydrogen-bond acceptors (Lipinski definition) is 2. The molecule has 3 rings (SSSR count). The van der Waals surface area contributed by atoms with Gasteiger partial charge in [0.1, 0.15) is 5.65 Å². The van der Waals surface area contributed by atoms with Crippen LogP contribution in [-0.2, 0) is 12.7 Å². The first kappa shape index (κ1) is 13.6. The molecular weight excluding hydrogens is 279 g/mol. The SMILES string of the molecule is NCc1ccc2nc(-c3cccc(C(F)(F)F)c3)cn2c1. The van der Waals surface area contributed by atoms with Crippen LogP contribution in [0.5, 0.6) is 0 Å². The summed E-state index contributed by atoms with van der Waals surface area (Å²) in [5, 5.41) is 0. The molecule has 21 heavy (non-hydrogen) atoms. The number of alkyl halides is 3. The highest BCUT2D eigenvalue weighted by Crippen LogP contribution is 2.31. The van der Waals surface area contributed by atoms with E-state index in [1.165, 1.54) is 6.07 Å². The molecule has 0 aliphatic rings. The molecule has 2 N–H and O–H groups in total. The Hall–Kier alpha value is -2.34. The average Bonchev–Trinajstić information content (AvgIpc) is 2.89. The predicted molar refractivity (Wildman–Crippen MR) is 73.5 cm³/mol. The van der Waals surface area contributed by atoms with Gasteiger partial charge < -0.3 is 10.1 Å². The van der Waals surface area contributed by atoms with Gasteiger partial charge in [-0.2, -0.15) is 13.2 Å². The van der Waals surface area contributed by atoms with E-state index in [2.05, 4.69) is 4.98 Å². The van der Waals surface area contributed by atoms with Crippen LogP contribution in [0.3, 0.4) is 0 Å². The van der Waals surface area contributed by atoms with Gasteiger partial charge in [0.15, 0.2) is 0 Å². The van der Waals surface area contributed by atoms with Crippen molar-refractivity contribution < 1.29 is 13.2 Å². The lowest BCUT2D eigenvalue weighted by atomic mass is 10.1. The molecule has 0 atom stereocenters. The van der Waals surface area contributed by atoms with Crippen LogP contribution in [-0.4, -0.2) is 9.38 Å². The molecule has 0 spiro atoms. The summed E-state index contributed by atoms with van der Waals surface area (Å²) in [6.45, 7) is 0.396. The van der Waals surface area contributed by atoms with Gasteiger partial charge in [0.2, 0.25) is 0 Å². The van der Waals surface area contributed by atoms with Crippen LogP contribution in [0.2, 0.25) is 0 Å². The van der Waals surface area contributed by atoms with Crippen molar-refractivity contribution in [3.63, 3.8) is 0 Å². The zero-order valence-electron chi connectivity index (χ0n) is 10.9.